The zero-order chi connectivity index (χ0) is 13.4. The van der Waals surface area contributed by atoms with Crippen molar-refractivity contribution in [2.75, 3.05) is 50.3 Å². The molecular weight excluding hydrogens is 234 g/mol. The second-order valence-corrected chi connectivity index (χ2v) is 3.72. The number of hydrogen-bond acceptors (Lipinski definition) is 7. The average molecular weight is 255 g/mol. The number of rotatable bonds is 8. The van der Waals surface area contributed by atoms with E-state index in [1.54, 1.807) is 20.3 Å². The lowest BCUT2D eigenvalue weighted by atomic mass is 10.3. The molecule has 0 fully saturated rings. The number of nitrogen functional groups attached to an aromatic ring is 1. The van der Waals surface area contributed by atoms with E-state index in [0.717, 1.165) is 6.54 Å². The predicted octanol–water partition coefficient (Wildman–Crippen LogP) is 0.564. The number of nitrogens with one attached hydrogen (secondary N) is 2. The third-order valence-corrected chi connectivity index (χ3v) is 2.30. The van der Waals surface area contributed by atoms with E-state index in [0.29, 0.717) is 24.8 Å². The second kappa shape index (κ2) is 7.67. The first-order valence-electron chi connectivity index (χ1n) is 5.83. The van der Waals surface area contributed by atoms with E-state index >= 15 is 0 Å². The molecule has 0 spiro atoms. The highest BCUT2D eigenvalue weighted by atomic mass is 16.5. The van der Waals surface area contributed by atoms with Crippen LogP contribution in [0.5, 0.6) is 0 Å². The van der Waals surface area contributed by atoms with Gasteiger partial charge in [-0.15, -0.1) is 0 Å². The molecule has 102 valence electrons. The first-order valence-corrected chi connectivity index (χ1v) is 5.83. The van der Waals surface area contributed by atoms with Gasteiger partial charge in [-0.25, -0.2) is 0 Å². The van der Waals surface area contributed by atoms with E-state index < -0.39 is 0 Å². The quantitative estimate of drug-likeness (QED) is 0.625. The Labute approximate surface area is 107 Å². The summed E-state index contributed by atoms with van der Waals surface area (Å²) in [5.74, 6) is 1.60. The number of aromatic nitrogens is 2. The molecule has 1 unspecified atom stereocenters. The second-order valence-electron chi connectivity index (χ2n) is 3.72. The van der Waals surface area contributed by atoms with Gasteiger partial charge in [-0.3, -0.25) is 0 Å². The van der Waals surface area contributed by atoms with Crippen molar-refractivity contribution < 1.29 is 9.47 Å². The molecule has 0 saturated heterocycles. The summed E-state index contributed by atoms with van der Waals surface area (Å²) in [4.78, 5) is 8.17. The van der Waals surface area contributed by atoms with Crippen molar-refractivity contribution in [3.8, 4) is 0 Å². The third-order valence-electron chi connectivity index (χ3n) is 2.30. The Morgan fingerprint density at radius 3 is 2.50 bits per heavy atom. The molecule has 0 aliphatic rings. The van der Waals surface area contributed by atoms with Gasteiger partial charge in [0.2, 0.25) is 5.95 Å². The van der Waals surface area contributed by atoms with Crippen LogP contribution in [0.1, 0.15) is 6.92 Å². The Morgan fingerprint density at radius 1 is 1.28 bits per heavy atom. The number of ether oxygens (including phenoxy) is 2. The summed E-state index contributed by atoms with van der Waals surface area (Å²) >= 11 is 0. The highest BCUT2D eigenvalue weighted by Gasteiger charge is 2.08. The van der Waals surface area contributed by atoms with Gasteiger partial charge in [0, 0.05) is 33.4 Å². The van der Waals surface area contributed by atoms with Crippen LogP contribution in [0.4, 0.5) is 17.6 Å². The molecule has 7 nitrogen and oxygen atoms in total. The SMILES string of the molecule is CCNc1cc(NCC(COC)OC)nc(N)n1. The number of hydrogen-bond donors (Lipinski definition) is 3. The molecular formula is C11H21N5O2. The normalized spacial score (nSPS) is 12.2. The van der Waals surface area contributed by atoms with Gasteiger partial charge in [-0.2, -0.15) is 9.97 Å². The van der Waals surface area contributed by atoms with Gasteiger partial charge in [-0.1, -0.05) is 0 Å². The Bertz CT molecular complexity index is 361. The number of anilines is 3. The van der Waals surface area contributed by atoms with Crippen LogP contribution in [0, 0.1) is 0 Å². The molecule has 0 aliphatic heterocycles. The summed E-state index contributed by atoms with van der Waals surface area (Å²) in [6.45, 7) is 3.88. The predicted molar refractivity (Wildman–Crippen MR) is 71.8 cm³/mol. The van der Waals surface area contributed by atoms with Gasteiger partial charge >= 0.3 is 0 Å². The Hall–Kier alpha value is -1.60. The van der Waals surface area contributed by atoms with Crippen LogP contribution in [-0.4, -0.2) is 50.0 Å². The Kier molecular flexibility index (Phi) is 6.16. The van der Waals surface area contributed by atoms with Gasteiger partial charge in [-0.05, 0) is 6.92 Å². The minimum atomic E-state index is -0.0335. The molecule has 18 heavy (non-hydrogen) atoms. The highest BCUT2D eigenvalue weighted by Crippen LogP contribution is 2.12. The van der Waals surface area contributed by atoms with Crippen molar-refractivity contribution in [1.29, 1.82) is 0 Å². The van der Waals surface area contributed by atoms with E-state index in [9.17, 15) is 0 Å². The van der Waals surface area contributed by atoms with Crippen LogP contribution >= 0.6 is 0 Å². The fraction of sp³-hybridized carbons (Fsp3) is 0.636. The van der Waals surface area contributed by atoms with E-state index in [4.69, 9.17) is 15.2 Å². The van der Waals surface area contributed by atoms with Crippen LogP contribution in [-0.2, 0) is 9.47 Å². The minimum absolute atomic E-state index is 0.0335. The average Bonchev–Trinajstić information content (AvgIpc) is 2.34. The molecule has 1 heterocycles. The van der Waals surface area contributed by atoms with E-state index in [-0.39, 0.29) is 12.1 Å². The maximum Gasteiger partial charge on any atom is 0.223 e. The first-order chi connectivity index (χ1) is 8.69. The Balaban J connectivity index is 2.60. The molecule has 1 rings (SSSR count). The lowest BCUT2D eigenvalue weighted by molar-refractivity contribution is 0.0365. The third kappa shape index (κ3) is 4.72. The van der Waals surface area contributed by atoms with Crippen molar-refractivity contribution in [2.24, 2.45) is 0 Å². The van der Waals surface area contributed by atoms with Gasteiger partial charge < -0.3 is 25.8 Å². The molecule has 0 aromatic carbocycles. The van der Waals surface area contributed by atoms with Crippen molar-refractivity contribution in [3.05, 3.63) is 6.07 Å². The molecule has 0 aliphatic carbocycles. The highest BCUT2D eigenvalue weighted by molar-refractivity contribution is 5.50. The molecule has 1 atom stereocenters. The van der Waals surface area contributed by atoms with Crippen molar-refractivity contribution in [3.63, 3.8) is 0 Å². The number of nitrogens with two attached hydrogens (primary N) is 1. The lowest BCUT2D eigenvalue weighted by Crippen LogP contribution is -2.27. The summed E-state index contributed by atoms with van der Waals surface area (Å²) in [7, 11) is 3.28. The molecule has 0 amide bonds. The monoisotopic (exact) mass is 255 g/mol. The van der Waals surface area contributed by atoms with E-state index in [2.05, 4.69) is 20.6 Å². The number of methoxy groups -OCH3 is 2. The summed E-state index contributed by atoms with van der Waals surface area (Å²) in [5, 5.41) is 6.23. The number of nitrogens with zero attached hydrogens (tertiary/aromatic N) is 2. The fourth-order valence-corrected chi connectivity index (χ4v) is 1.44. The molecule has 1 aromatic rings. The van der Waals surface area contributed by atoms with Crippen molar-refractivity contribution >= 4 is 17.6 Å². The first kappa shape index (κ1) is 14.5. The molecule has 0 saturated carbocycles. The van der Waals surface area contributed by atoms with Gasteiger partial charge in [0.1, 0.15) is 11.6 Å². The van der Waals surface area contributed by atoms with Crippen LogP contribution < -0.4 is 16.4 Å². The zero-order valence-electron chi connectivity index (χ0n) is 11.1. The van der Waals surface area contributed by atoms with Gasteiger partial charge in [0.25, 0.3) is 0 Å². The van der Waals surface area contributed by atoms with Crippen molar-refractivity contribution in [1.82, 2.24) is 9.97 Å². The van der Waals surface area contributed by atoms with Crippen molar-refractivity contribution in [2.45, 2.75) is 13.0 Å². The fourth-order valence-electron chi connectivity index (χ4n) is 1.44. The molecule has 0 bridgehead atoms. The summed E-state index contributed by atoms with van der Waals surface area (Å²) in [6.07, 6.45) is -0.0335. The van der Waals surface area contributed by atoms with Crippen LogP contribution in [0.15, 0.2) is 6.07 Å². The van der Waals surface area contributed by atoms with Gasteiger partial charge in [0.15, 0.2) is 0 Å². The standard InChI is InChI=1S/C11H21N5O2/c1-4-13-9-5-10(16-11(12)15-9)14-6-8(18-3)7-17-2/h5,8H,4,6-7H2,1-3H3,(H4,12,13,14,15,16). The lowest BCUT2D eigenvalue weighted by Gasteiger charge is -2.15. The van der Waals surface area contributed by atoms with Gasteiger partial charge in [0.05, 0.1) is 12.7 Å². The van der Waals surface area contributed by atoms with Crippen LogP contribution in [0.2, 0.25) is 0 Å². The van der Waals surface area contributed by atoms with E-state index in [1.807, 2.05) is 6.92 Å². The minimum Gasteiger partial charge on any atom is -0.382 e. The zero-order valence-corrected chi connectivity index (χ0v) is 11.1. The van der Waals surface area contributed by atoms with E-state index in [1.165, 1.54) is 0 Å². The summed E-state index contributed by atoms with van der Waals surface area (Å²) < 4.78 is 10.3. The van der Waals surface area contributed by atoms with Crippen LogP contribution in [0.25, 0.3) is 0 Å². The molecule has 0 radical (unpaired) electrons. The largest absolute Gasteiger partial charge is 0.382 e. The topological polar surface area (TPSA) is 94.3 Å². The maximum absolute atomic E-state index is 5.63. The maximum atomic E-state index is 5.63. The molecule has 1 aromatic heterocycles. The Morgan fingerprint density at radius 2 is 1.94 bits per heavy atom. The molecule has 4 N–H and O–H groups in total. The summed E-state index contributed by atoms with van der Waals surface area (Å²) in [6, 6.07) is 1.80. The summed E-state index contributed by atoms with van der Waals surface area (Å²) in [5.41, 5.74) is 5.63. The molecule has 7 heteroatoms. The van der Waals surface area contributed by atoms with Crippen LogP contribution in [0.3, 0.4) is 0 Å². The smallest absolute Gasteiger partial charge is 0.223 e.